The maximum atomic E-state index is 12.5. The van der Waals surface area contributed by atoms with E-state index in [1.54, 1.807) is 0 Å². The second-order valence-corrected chi connectivity index (χ2v) is 5.25. The number of amides is 1. The number of aliphatic hydroxyl groups is 1. The van der Waals surface area contributed by atoms with Gasteiger partial charge in [-0.3, -0.25) is 4.79 Å². The van der Waals surface area contributed by atoms with E-state index in [4.69, 9.17) is 0 Å². The van der Waals surface area contributed by atoms with Gasteiger partial charge in [-0.25, -0.2) is 4.79 Å². The molecule has 2 atom stereocenters. The van der Waals surface area contributed by atoms with Crippen LogP contribution in [0.2, 0.25) is 0 Å². The molecule has 0 fully saturated rings. The summed E-state index contributed by atoms with van der Waals surface area (Å²) in [5.41, 5.74) is -0.881. The highest BCUT2D eigenvalue weighted by atomic mass is 19.4. The van der Waals surface area contributed by atoms with Gasteiger partial charge in [-0.15, -0.1) is 0 Å². The molecule has 0 unspecified atom stereocenters. The highest BCUT2D eigenvalue weighted by Crippen LogP contribution is 2.30. The molecule has 5 nitrogen and oxygen atoms in total. The second kappa shape index (κ2) is 8.68. The molecule has 1 rings (SSSR count). The molecule has 0 aromatic heterocycles. The first-order valence-corrected chi connectivity index (χ1v) is 7.44. The minimum absolute atomic E-state index is 0.000364. The minimum atomic E-state index is -4.50. The quantitative estimate of drug-likeness (QED) is 0.744. The van der Waals surface area contributed by atoms with Gasteiger partial charge in [-0.2, -0.15) is 13.2 Å². The molecule has 0 spiro atoms. The molecule has 134 valence electrons. The fourth-order valence-electron chi connectivity index (χ4n) is 2.06. The van der Waals surface area contributed by atoms with Gasteiger partial charge >= 0.3 is 12.1 Å². The van der Waals surface area contributed by atoms with Gasteiger partial charge in [0.25, 0.3) is 5.91 Å². The third kappa shape index (κ3) is 5.52. The molecular weight excluding hydrogens is 327 g/mol. The highest BCUT2D eigenvalue weighted by Gasteiger charge is 2.31. The van der Waals surface area contributed by atoms with Gasteiger partial charge in [0.2, 0.25) is 0 Å². The number of carbonyl (C=O) groups excluding carboxylic acids is 2. The van der Waals surface area contributed by atoms with Gasteiger partial charge in [0.15, 0.2) is 6.10 Å². The lowest BCUT2D eigenvalue weighted by molar-refractivity contribution is -0.146. The van der Waals surface area contributed by atoms with E-state index in [0.29, 0.717) is 12.8 Å². The second-order valence-electron chi connectivity index (χ2n) is 5.25. The Hall–Kier alpha value is -2.09. The molecule has 0 aliphatic carbocycles. The summed E-state index contributed by atoms with van der Waals surface area (Å²) in [6, 6.07) is 2.69. The molecule has 24 heavy (non-hydrogen) atoms. The summed E-state index contributed by atoms with van der Waals surface area (Å²) in [4.78, 5) is 23.7. The Balaban J connectivity index is 2.80. The molecule has 1 amide bonds. The van der Waals surface area contributed by atoms with Crippen LogP contribution in [0.25, 0.3) is 0 Å². The number of alkyl halides is 3. The summed E-state index contributed by atoms with van der Waals surface area (Å²) in [6.45, 7) is 1.91. The molecule has 0 radical (unpaired) electrons. The number of nitrogens with one attached hydrogen (secondary N) is 1. The van der Waals surface area contributed by atoms with Crippen molar-refractivity contribution in [3.05, 3.63) is 35.4 Å². The van der Waals surface area contributed by atoms with Crippen molar-refractivity contribution in [1.29, 1.82) is 0 Å². The number of rotatable bonds is 7. The van der Waals surface area contributed by atoms with Crippen molar-refractivity contribution in [2.24, 2.45) is 0 Å². The molecule has 0 bridgehead atoms. The number of carbonyl (C=O) groups is 2. The summed E-state index contributed by atoms with van der Waals surface area (Å²) in [5, 5.41) is 12.3. The first-order valence-electron chi connectivity index (χ1n) is 7.44. The Morgan fingerprint density at radius 2 is 1.83 bits per heavy atom. The molecule has 0 aliphatic heterocycles. The van der Waals surface area contributed by atoms with E-state index in [9.17, 15) is 27.9 Å². The van der Waals surface area contributed by atoms with Crippen LogP contribution in [-0.4, -0.2) is 30.1 Å². The molecule has 0 saturated carbocycles. The Morgan fingerprint density at radius 3 is 2.29 bits per heavy atom. The maximum absolute atomic E-state index is 12.5. The smallest absolute Gasteiger partial charge is 0.416 e. The van der Waals surface area contributed by atoms with E-state index in [2.05, 4.69) is 10.1 Å². The van der Waals surface area contributed by atoms with Crippen LogP contribution < -0.4 is 5.32 Å². The maximum Gasteiger partial charge on any atom is 0.416 e. The predicted octanol–water partition coefficient (Wildman–Crippen LogP) is 2.59. The number of benzene rings is 1. The third-order valence-corrected chi connectivity index (χ3v) is 3.45. The van der Waals surface area contributed by atoms with Crippen LogP contribution in [0.4, 0.5) is 13.2 Å². The van der Waals surface area contributed by atoms with Gasteiger partial charge in [-0.05, 0) is 24.1 Å². The van der Waals surface area contributed by atoms with Crippen molar-refractivity contribution in [3.63, 3.8) is 0 Å². The van der Waals surface area contributed by atoms with Crippen LogP contribution in [-0.2, 0) is 20.5 Å². The Labute approximate surface area is 137 Å². The first kappa shape index (κ1) is 20.0. The fraction of sp³-hybridized carbons (Fsp3) is 0.500. The van der Waals surface area contributed by atoms with Gasteiger partial charge in [0, 0.05) is 0 Å². The van der Waals surface area contributed by atoms with Gasteiger partial charge in [-0.1, -0.05) is 31.9 Å². The predicted molar refractivity (Wildman–Crippen MR) is 79.9 cm³/mol. The first-order chi connectivity index (χ1) is 11.2. The van der Waals surface area contributed by atoms with Gasteiger partial charge in [0.05, 0.1) is 12.7 Å². The number of hydrogen-bond acceptors (Lipinski definition) is 4. The Morgan fingerprint density at radius 1 is 1.25 bits per heavy atom. The van der Waals surface area contributed by atoms with Crippen molar-refractivity contribution in [3.8, 4) is 0 Å². The summed E-state index contributed by atoms with van der Waals surface area (Å²) in [7, 11) is 1.18. The molecule has 1 aromatic carbocycles. The molecule has 0 saturated heterocycles. The number of aliphatic hydroxyl groups excluding tert-OH is 1. The monoisotopic (exact) mass is 347 g/mol. The number of methoxy groups -OCH3 is 1. The largest absolute Gasteiger partial charge is 0.467 e. The zero-order chi connectivity index (χ0) is 18.3. The van der Waals surface area contributed by atoms with E-state index in [0.717, 1.165) is 30.7 Å². The van der Waals surface area contributed by atoms with Gasteiger partial charge in [0.1, 0.15) is 6.04 Å². The molecular formula is C16H20F3NO4. The summed E-state index contributed by atoms with van der Waals surface area (Å²) < 4.78 is 42.1. The number of hydrogen-bond donors (Lipinski definition) is 2. The fourth-order valence-corrected chi connectivity index (χ4v) is 2.06. The van der Waals surface area contributed by atoms with Crippen molar-refractivity contribution in [1.82, 2.24) is 5.32 Å². The van der Waals surface area contributed by atoms with E-state index < -0.39 is 35.8 Å². The van der Waals surface area contributed by atoms with Crippen LogP contribution in [0.1, 0.15) is 43.4 Å². The molecule has 0 aliphatic rings. The van der Waals surface area contributed by atoms with E-state index in [-0.39, 0.29) is 5.56 Å². The van der Waals surface area contributed by atoms with Crippen molar-refractivity contribution in [2.45, 2.75) is 44.5 Å². The topological polar surface area (TPSA) is 75.6 Å². The standard InChI is InChI=1S/C16H20F3NO4/c1-3-4-5-12(15(23)24-2)20-14(22)13(21)10-6-8-11(9-7-10)16(17,18)19/h6-9,12-13,21H,3-5H2,1-2H3,(H,20,22)/t12-,13+/m0/s1. The Bertz CT molecular complexity index is 557. The van der Waals surface area contributed by atoms with E-state index in [1.165, 1.54) is 7.11 Å². The number of ether oxygens (including phenoxy) is 1. The zero-order valence-corrected chi connectivity index (χ0v) is 13.4. The average Bonchev–Trinajstić information content (AvgIpc) is 2.56. The van der Waals surface area contributed by atoms with Crippen LogP contribution in [0.15, 0.2) is 24.3 Å². The highest BCUT2D eigenvalue weighted by molar-refractivity contribution is 5.87. The number of halogens is 3. The number of unbranched alkanes of at least 4 members (excludes halogenated alkanes) is 1. The van der Waals surface area contributed by atoms with Crippen molar-refractivity contribution in [2.75, 3.05) is 7.11 Å². The molecule has 1 aromatic rings. The normalized spacial score (nSPS) is 13.9. The summed E-state index contributed by atoms with van der Waals surface area (Å²) >= 11 is 0. The molecule has 2 N–H and O–H groups in total. The van der Waals surface area contributed by atoms with Crippen LogP contribution >= 0.6 is 0 Å². The number of esters is 1. The molecule has 0 heterocycles. The zero-order valence-electron chi connectivity index (χ0n) is 13.4. The van der Waals surface area contributed by atoms with E-state index in [1.807, 2.05) is 6.92 Å². The van der Waals surface area contributed by atoms with Crippen LogP contribution in [0, 0.1) is 0 Å². The van der Waals surface area contributed by atoms with Gasteiger partial charge < -0.3 is 15.2 Å². The lowest BCUT2D eigenvalue weighted by atomic mass is 10.0. The summed E-state index contributed by atoms with van der Waals surface area (Å²) in [6.07, 6.45) is -4.38. The van der Waals surface area contributed by atoms with Crippen molar-refractivity contribution >= 4 is 11.9 Å². The van der Waals surface area contributed by atoms with Crippen molar-refractivity contribution < 1.29 is 32.6 Å². The third-order valence-electron chi connectivity index (χ3n) is 3.45. The Kier molecular flexibility index (Phi) is 7.21. The SMILES string of the molecule is CCCC[C@H](NC(=O)[C@H](O)c1ccc(C(F)(F)F)cc1)C(=O)OC. The lowest BCUT2D eigenvalue weighted by Crippen LogP contribution is -2.43. The van der Waals surface area contributed by atoms with Crippen LogP contribution in [0.3, 0.4) is 0 Å². The summed E-state index contributed by atoms with van der Waals surface area (Å²) in [5.74, 6) is -1.52. The molecule has 8 heteroatoms. The average molecular weight is 347 g/mol. The van der Waals surface area contributed by atoms with E-state index >= 15 is 0 Å². The lowest BCUT2D eigenvalue weighted by Gasteiger charge is -2.19. The minimum Gasteiger partial charge on any atom is -0.467 e. The van der Waals surface area contributed by atoms with Crippen LogP contribution in [0.5, 0.6) is 0 Å².